The van der Waals surface area contributed by atoms with Gasteiger partial charge in [0.05, 0.1) is 16.7 Å². The molecule has 0 radical (unpaired) electrons. The fourth-order valence-electron chi connectivity index (χ4n) is 9.00. The van der Waals surface area contributed by atoms with Gasteiger partial charge in [-0.2, -0.15) is 0 Å². The monoisotopic (exact) mass is 759 g/mol. The molecule has 0 atom stereocenters. The molecule has 270 valence electrons. The lowest BCUT2D eigenvalue weighted by Crippen LogP contribution is -2.05. The van der Waals surface area contributed by atoms with Crippen LogP contribution in [0.4, 0.5) is 0 Å². The van der Waals surface area contributed by atoms with Crippen LogP contribution in [0, 0.1) is 0 Å². The van der Waals surface area contributed by atoms with Gasteiger partial charge in [-0.15, -0.1) is 0 Å². The predicted molar refractivity (Wildman–Crippen MR) is 236 cm³/mol. The molecule has 58 heavy (non-hydrogen) atoms. The van der Waals surface area contributed by atoms with Gasteiger partial charge in [0.1, 0.15) is 16.8 Å². The number of nitrogens with zero attached hydrogens (tertiary/aromatic N) is 5. The molecule has 0 spiro atoms. The van der Waals surface area contributed by atoms with E-state index in [2.05, 4.69) is 167 Å². The predicted octanol–water partition coefficient (Wildman–Crippen LogP) is 13.4. The van der Waals surface area contributed by atoms with Crippen molar-refractivity contribution in [3.8, 4) is 45.5 Å². The second-order valence-corrected chi connectivity index (χ2v) is 15.9. The molecule has 5 heterocycles. The first kappa shape index (κ1) is 31.7. The highest BCUT2D eigenvalue weighted by Gasteiger charge is 2.28. The minimum Gasteiger partial charge on any atom is -0.456 e. The van der Waals surface area contributed by atoms with E-state index in [1.165, 1.54) is 31.8 Å². The minimum absolute atomic E-state index is 0.586. The second kappa shape index (κ2) is 12.0. The normalized spacial score (nSPS) is 12.4. The molecular formula is C51H29N5OS. The van der Waals surface area contributed by atoms with Gasteiger partial charge in [-0.25, -0.2) is 15.0 Å². The quantitative estimate of drug-likeness (QED) is 0.179. The molecule has 0 aliphatic carbocycles. The van der Waals surface area contributed by atoms with Gasteiger partial charge in [-0.3, -0.25) is 9.13 Å². The van der Waals surface area contributed by atoms with Crippen LogP contribution < -0.4 is 0 Å². The molecule has 0 saturated heterocycles. The Labute approximate surface area is 335 Å². The van der Waals surface area contributed by atoms with Gasteiger partial charge in [0.2, 0.25) is 0 Å². The fourth-order valence-corrected chi connectivity index (χ4v) is 10.1. The van der Waals surface area contributed by atoms with Crippen LogP contribution in [0.1, 0.15) is 0 Å². The molecule has 0 unspecified atom stereocenters. The maximum Gasteiger partial charge on any atom is 0.164 e. The number of hydrogen-bond acceptors (Lipinski definition) is 5. The average molecular weight is 760 g/mol. The third kappa shape index (κ3) is 4.53. The number of hydrogen-bond donors (Lipinski definition) is 0. The van der Waals surface area contributed by atoms with Crippen LogP contribution in [-0.4, -0.2) is 24.1 Å². The van der Waals surface area contributed by atoms with Crippen LogP contribution in [0.2, 0.25) is 0 Å². The Kier molecular flexibility index (Phi) is 6.56. The Morgan fingerprint density at radius 2 is 1.12 bits per heavy atom. The summed E-state index contributed by atoms with van der Waals surface area (Å²) in [5.41, 5.74) is 10.2. The van der Waals surface area contributed by atoms with Gasteiger partial charge in [-0.1, -0.05) is 121 Å². The van der Waals surface area contributed by atoms with Crippen LogP contribution in [-0.2, 0) is 0 Å². The number of fused-ring (bicyclic) bond motifs is 11. The van der Waals surface area contributed by atoms with Gasteiger partial charge in [-0.05, 0) is 77.5 Å². The highest BCUT2D eigenvalue weighted by atomic mass is 32.2. The number of aromatic nitrogens is 5. The average Bonchev–Trinajstić information content (AvgIpc) is 3.94. The summed E-state index contributed by atoms with van der Waals surface area (Å²) < 4.78 is 11.2. The van der Waals surface area contributed by atoms with Crippen molar-refractivity contribution in [2.24, 2.45) is 0 Å². The van der Waals surface area contributed by atoms with E-state index in [0.717, 1.165) is 71.6 Å². The highest BCUT2D eigenvalue weighted by molar-refractivity contribution is 7.99. The Morgan fingerprint density at radius 1 is 0.448 bits per heavy atom. The van der Waals surface area contributed by atoms with E-state index in [1.54, 1.807) is 0 Å². The molecule has 8 aromatic carbocycles. The number of furan rings is 1. The van der Waals surface area contributed by atoms with E-state index in [4.69, 9.17) is 19.4 Å². The zero-order chi connectivity index (χ0) is 37.9. The van der Waals surface area contributed by atoms with E-state index in [-0.39, 0.29) is 0 Å². The maximum absolute atomic E-state index is 6.33. The van der Waals surface area contributed by atoms with Gasteiger partial charge in [0, 0.05) is 59.1 Å². The van der Waals surface area contributed by atoms with Crippen LogP contribution in [0.3, 0.4) is 0 Å². The fraction of sp³-hybridized carbons (Fsp3) is 0. The van der Waals surface area contributed by atoms with E-state index >= 15 is 0 Å². The Morgan fingerprint density at radius 3 is 2.03 bits per heavy atom. The molecular weight excluding hydrogens is 731 g/mol. The van der Waals surface area contributed by atoms with E-state index in [9.17, 15) is 0 Å². The molecule has 4 aromatic heterocycles. The van der Waals surface area contributed by atoms with Crippen molar-refractivity contribution in [3.05, 3.63) is 176 Å². The third-order valence-electron chi connectivity index (χ3n) is 11.5. The number of benzene rings is 8. The Hall–Kier alpha value is -7.48. The number of para-hydroxylation sites is 4. The molecule has 0 N–H and O–H groups in total. The second-order valence-electron chi connectivity index (χ2n) is 14.8. The molecule has 13 rings (SSSR count). The van der Waals surface area contributed by atoms with Crippen LogP contribution in [0.15, 0.2) is 190 Å². The van der Waals surface area contributed by atoms with Crippen molar-refractivity contribution in [1.82, 2.24) is 24.1 Å². The molecule has 7 heteroatoms. The molecule has 1 aliphatic rings. The summed E-state index contributed by atoms with van der Waals surface area (Å²) in [5, 5.41) is 7.93. The SMILES string of the molecule is c1ccc(-n2c3ccc(-c4nc(-c5ccc6c(c5)oc5ccccc56)nc(-c5cccc6ccccc56)n4)cc3c3c4cccc5c4n(c32)-c2ccccc2S5)cc1. The van der Waals surface area contributed by atoms with Crippen molar-refractivity contribution in [3.63, 3.8) is 0 Å². The summed E-state index contributed by atoms with van der Waals surface area (Å²) in [4.78, 5) is 18.2. The van der Waals surface area contributed by atoms with Gasteiger partial charge in [0.25, 0.3) is 0 Å². The molecule has 0 amide bonds. The van der Waals surface area contributed by atoms with E-state index < -0.39 is 0 Å². The molecule has 6 nitrogen and oxygen atoms in total. The smallest absolute Gasteiger partial charge is 0.164 e. The van der Waals surface area contributed by atoms with Crippen molar-refractivity contribution >= 4 is 77.3 Å². The Balaban J connectivity index is 1.10. The summed E-state index contributed by atoms with van der Waals surface area (Å²) >= 11 is 1.84. The molecule has 0 bridgehead atoms. The summed E-state index contributed by atoms with van der Waals surface area (Å²) in [6.45, 7) is 0. The third-order valence-corrected chi connectivity index (χ3v) is 12.7. The lowest BCUT2D eigenvalue weighted by Gasteiger charge is -2.21. The van der Waals surface area contributed by atoms with Crippen molar-refractivity contribution in [2.75, 3.05) is 0 Å². The van der Waals surface area contributed by atoms with Crippen molar-refractivity contribution in [2.45, 2.75) is 9.79 Å². The van der Waals surface area contributed by atoms with Crippen LogP contribution in [0.5, 0.6) is 0 Å². The van der Waals surface area contributed by atoms with Crippen LogP contribution in [0.25, 0.3) is 111 Å². The Bertz CT molecular complexity index is 3670. The molecule has 0 saturated carbocycles. The molecule has 0 fully saturated rings. The van der Waals surface area contributed by atoms with E-state index in [1.807, 2.05) is 30.0 Å². The maximum atomic E-state index is 6.33. The summed E-state index contributed by atoms with van der Waals surface area (Å²) in [6.07, 6.45) is 0. The lowest BCUT2D eigenvalue weighted by molar-refractivity contribution is 0.669. The first-order chi connectivity index (χ1) is 28.7. The summed E-state index contributed by atoms with van der Waals surface area (Å²) in [7, 11) is 0. The summed E-state index contributed by atoms with van der Waals surface area (Å²) in [6, 6.07) is 61.8. The van der Waals surface area contributed by atoms with Gasteiger partial charge in [0.15, 0.2) is 17.5 Å². The first-order valence-corrected chi connectivity index (χ1v) is 20.2. The largest absolute Gasteiger partial charge is 0.456 e. The van der Waals surface area contributed by atoms with Crippen LogP contribution >= 0.6 is 11.8 Å². The lowest BCUT2D eigenvalue weighted by atomic mass is 10.0. The first-order valence-electron chi connectivity index (χ1n) is 19.4. The molecule has 1 aliphatic heterocycles. The van der Waals surface area contributed by atoms with Crippen molar-refractivity contribution in [1.29, 1.82) is 0 Å². The highest BCUT2D eigenvalue weighted by Crippen LogP contribution is 2.50. The number of rotatable bonds is 4. The van der Waals surface area contributed by atoms with Gasteiger partial charge >= 0.3 is 0 Å². The van der Waals surface area contributed by atoms with Gasteiger partial charge < -0.3 is 4.42 Å². The topological polar surface area (TPSA) is 61.7 Å². The van der Waals surface area contributed by atoms with E-state index in [0.29, 0.717) is 17.5 Å². The standard InChI is InChI=1S/C51H29N5OS/c1-2-14-33(15-3-1)55-40-27-25-31(28-39(40)46-38-19-11-23-45-47(38)56(51(46)55)41-20-7-9-22-44(41)58-45)48-52-49(32-24-26-36-35-17-6-8-21-42(35)57-43(36)29-32)54-50(53-48)37-18-10-13-30-12-4-5-16-34(30)37/h1-29H. The molecule has 12 aromatic rings. The zero-order valence-electron chi connectivity index (χ0n) is 30.8. The summed E-state index contributed by atoms with van der Waals surface area (Å²) in [5.74, 6) is 1.81. The van der Waals surface area contributed by atoms with Crippen molar-refractivity contribution < 1.29 is 4.42 Å². The minimum atomic E-state index is 0.586. The zero-order valence-corrected chi connectivity index (χ0v) is 31.6.